The molecule has 2 heterocycles. The molecule has 2 aliphatic heterocycles. The molecule has 2 aliphatic rings. The van der Waals surface area contributed by atoms with Crippen LogP contribution in [-0.4, -0.2) is 6.92 Å². The lowest BCUT2D eigenvalue weighted by atomic mass is 9.49. The number of para-hydroxylation sites is 1. The summed E-state index contributed by atoms with van der Waals surface area (Å²) < 4.78 is 7.35. The molecule has 0 aromatic heterocycles. The number of benzene rings is 10. The van der Waals surface area contributed by atoms with Gasteiger partial charge in [0.15, 0.2) is 0 Å². The van der Waals surface area contributed by atoms with Gasteiger partial charge in [0.2, 0.25) is 0 Å². The van der Waals surface area contributed by atoms with E-state index < -0.39 is 12.3 Å². The molecule has 0 aliphatic carbocycles. The van der Waals surface area contributed by atoms with Crippen molar-refractivity contribution in [3.8, 4) is 50.3 Å². The first-order valence-electron chi connectivity index (χ1n) is 22.9. The highest BCUT2D eigenvalue weighted by atomic mass is 16.4. The second-order valence-corrected chi connectivity index (χ2v) is 17.7. The van der Waals surface area contributed by atoms with Gasteiger partial charge < -0.3 is 9.55 Å². The number of nitrogens with zero attached hydrogens (tertiary/aromatic N) is 1. The second-order valence-electron chi connectivity index (χ2n) is 17.7. The van der Waals surface area contributed by atoms with Crippen molar-refractivity contribution in [2.45, 2.75) is 19.3 Å². The van der Waals surface area contributed by atoms with Gasteiger partial charge in [-0.3, -0.25) is 0 Å². The SMILES string of the molecule is Cc1ccc2c(c1)C(c1ccccc1)(c1ccccc1)c1cc(C)ccc1N2c1ccc2c(c1)-c1ccccc1OB2c1c(-c2ccccc2)cc(-c2ccccc2)cc1-c1ccccc1. The Bertz CT molecular complexity index is 3250. The van der Waals surface area contributed by atoms with Crippen molar-refractivity contribution in [3.63, 3.8) is 0 Å². The molecule has 0 unspecified atom stereocenters. The molecule has 0 saturated heterocycles. The van der Waals surface area contributed by atoms with E-state index in [1.165, 1.54) is 44.5 Å². The summed E-state index contributed by atoms with van der Waals surface area (Å²) in [5.74, 6) is 0.871. The fraction of sp³-hybridized carbons (Fsp3) is 0.0476. The number of rotatable bonds is 7. The van der Waals surface area contributed by atoms with Crippen molar-refractivity contribution in [3.05, 3.63) is 276 Å². The Morgan fingerprint density at radius 1 is 0.379 bits per heavy atom. The monoisotopic (exact) mass is 843 g/mol. The van der Waals surface area contributed by atoms with Crippen molar-refractivity contribution in [1.29, 1.82) is 0 Å². The average molecular weight is 844 g/mol. The molecular weight excluding hydrogens is 798 g/mol. The molecular formula is C63H46BNO. The largest absolute Gasteiger partial charge is 0.551 e. The number of hydrogen-bond donors (Lipinski definition) is 0. The van der Waals surface area contributed by atoms with Gasteiger partial charge in [-0.05, 0) is 128 Å². The first kappa shape index (κ1) is 39.5. The van der Waals surface area contributed by atoms with Gasteiger partial charge >= 0.3 is 6.92 Å². The summed E-state index contributed by atoms with van der Waals surface area (Å²) in [6, 6.07) is 88.9. The van der Waals surface area contributed by atoms with E-state index in [1.807, 2.05) is 0 Å². The lowest BCUT2D eigenvalue weighted by molar-refractivity contribution is 0.590. The van der Waals surface area contributed by atoms with E-state index in [1.54, 1.807) is 0 Å². The minimum atomic E-state index is -0.560. The molecule has 0 fully saturated rings. The van der Waals surface area contributed by atoms with Gasteiger partial charge in [-0.15, -0.1) is 0 Å². The number of anilines is 3. The second kappa shape index (κ2) is 16.1. The maximum absolute atomic E-state index is 7.35. The Morgan fingerprint density at radius 2 is 0.848 bits per heavy atom. The van der Waals surface area contributed by atoms with Crippen LogP contribution in [0.15, 0.2) is 243 Å². The first-order valence-corrected chi connectivity index (χ1v) is 22.9. The average Bonchev–Trinajstić information content (AvgIpc) is 3.38. The lowest BCUT2D eigenvalue weighted by Gasteiger charge is -2.47. The first-order chi connectivity index (χ1) is 32.6. The molecule has 3 heteroatoms. The smallest absolute Gasteiger partial charge is 0.428 e. The summed E-state index contributed by atoms with van der Waals surface area (Å²) in [6.07, 6.45) is 0. The minimum Gasteiger partial charge on any atom is -0.551 e. The molecule has 0 spiro atoms. The molecule has 0 amide bonds. The van der Waals surface area contributed by atoms with E-state index in [4.69, 9.17) is 4.65 Å². The highest BCUT2D eigenvalue weighted by molar-refractivity contribution is 6.84. The third kappa shape index (κ3) is 6.42. The Morgan fingerprint density at radius 3 is 1.38 bits per heavy atom. The van der Waals surface area contributed by atoms with Gasteiger partial charge in [-0.1, -0.05) is 211 Å². The van der Waals surface area contributed by atoms with E-state index in [0.717, 1.165) is 67.1 Å². The third-order valence-electron chi connectivity index (χ3n) is 13.7. The molecule has 0 atom stereocenters. The Labute approximate surface area is 388 Å². The van der Waals surface area contributed by atoms with Crippen LogP contribution in [0.5, 0.6) is 5.75 Å². The summed E-state index contributed by atoms with van der Waals surface area (Å²) in [6.45, 7) is 4.02. The van der Waals surface area contributed by atoms with Crippen LogP contribution in [-0.2, 0) is 5.41 Å². The molecule has 312 valence electrons. The Kier molecular flexibility index (Phi) is 9.65. The summed E-state index contributed by atoms with van der Waals surface area (Å²) in [7, 11) is 0. The summed E-state index contributed by atoms with van der Waals surface area (Å²) in [5.41, 5.74) is 21.8. The summed E-state index contributed by atoms with van der Waals surface area (Å²) >= 11 is 0. The van der Waals surface area contributed by atoms with Crippen molar-refractivity contribution >= 4 is 34.9 Å². The minimum absolute atomic E-state index is 0.408. The maximum Gasteiger partial charge on any atom is 0.428 e. The molecule has 2 nitrogen and oxygen atoms in total. The standard InChI is InChI=1S/C63H46BNO/c1-43-32-36-59-56(38-43)63(49-26-14-6-15-27-49,50-28-16-7-17-29-50)57-39-44(2)33-37-60(57)65(59)51-34-35-58-55(42-51)52-30-18-19-31-61(52)66-64(58)62-53(46-22-10-4-11-23-46)40-48(45-20-8-3-9-21-45)41-54(62)47-24-12-5-13-25-47/h3-42H,1-2H3. The molecule has 0 radical (unpaired) electrons. The lowest BCUT2D eigenvalue weighted by Crippen LogP contribution is -2.52. The van der Waals surface area contributed by atoms with E-state index in [-0.39, 0.29) is 0 Å². The summed E-state index contributed by atoms with van der Waals surface area (Å²) in [4.78, 5) is 2.50. The van der Waals surface area contributed by atoms with Crippen molar-refractivity contribution < 1.29 is 4.65 Å². The zero-order chi connectivity index (χ0) is 44.2. The van der Waals surface area contributed by atoms with E-state index >= 15 is 0 Å². The zero-order valence-corrected chi connectivity index (χ0v) is 37.0. The zero-order valence-electron chi connectivity index (χ0n) is 37.0. The van der Waals surface area contributed by atoms with Crippen LogP contribution in [0.3, 0.4) is 0 Å². The van der Waals surface area contributed by atoms with Crippen molar-refractivity contribution in [1.82, 2.24) is 0 Å². The van der Waals surface area contributed by atoms with Crippen molar-refractivity contribution in [2.75, 3.05) is 4.90 Å². The highest BCUT2D eigenvalue weighted by Crippen LogP contribution is 2.58. The third-order valence-corrected chi connectivity index (χ3v) is 13.7. The van der Waals surface area contributed by atoms with Gasteiger partial charge in [0.05, 0.1) is 16.8 Å². The summed E-state index contributed by atoms with van der Waals surface area (Å²) in [5, 5.41) is 0. The molecule has 0 N–H and O–H groups in total. The topological polar surface area (TPSA) is 12.5 Å². The normalized spacial score (nSPS) is 13.2. The molecule has 10 aromatic carbocycles. The van der Waals surface area contributed by atoms with Gasteiger partial charge in [-0.2, -0.15) is 0 Å². The highest BCUT2D eigenvalue weighted by Gasteiger charge is 2.47. The van der Waals surface area contributed by atoms with Crippen molar-refractivity contribution in [2.24, 2.45) is 0 Å². The van der Waals surface area contributed by atoms with Crippen LogP contribution in [0.25, 0.3) is 44.5 Å². The molecule has 10 aromatic rings. The maximum atomic E-state index is 7.35. The van der Waals surface area contributed by atoms with Crippen LogP contribution >= 0.6 is 0 Å². The van der Waals surface area contributed by atoms with E-state index in [9.17, 15) is 0 Å². The molecule has 0 saturated carbocycles. The quantitative estimate of drug-likeness (QED) is 0.148. The van der Waals surface area contributed by atoms with Gasteiger partial charge in [0.1, 0.15) is 5.75 Å². The van der Waals surface area contributed by atoms with Crippen LogP contribution in [0.2, 0.25) is 0 Å². The molecule has 66 heavy (non-hydrogen) atoms. The van der Waals surface area contributed by atoms with Gasteiger partial charge in [0.25, 0.3) is 0 Å². The van der Waals surface area contributed by atoms with E-state index in [0.29, 0.717) is 0 Å². The van der Waals surface area contributed by atoms with Crippen LogP contribution in [0.1, 0.15) is 33.4 Å². The van der Waals surface area contributed by atoms with Gasteiger partial charge in [-0.25, -0.2) is 0 Å². The fourth-order valence-electron chi connectivity index (χ4n) is 10.8. The van der Waals surface area contributed by atoms with Crippen LogP contribution < -0.4 is 20.5 Å². The predicted octanol–water partition coefficient (Wildman–Crippen LogP) is 14.6. The number of aryl methyl sites for hydroxylation is 2. The molecule has 12 rings (SSSR count). The fourth-order valence-corrected chi connectivity index (χ4v) is 10.8. The predicted molar refractivity (Wildman–Crippen MR) is 276 cm³/mol. The Hall–Kier alpha value is -8.14. The molecule has 0 bridgehead atoms. The number of fused-ring (bicyclic) bond motifs is 5. The van der Waals surface area contributed by atoms with Gasteiger partial charge in [0, 0.05) is 11.3 Å². The Balaban J connectivity index is 1.11. The van der Waals surface area contributed by atoms with E-state index in [2.05, 4.69) is 261 Å². The van der Waals surface area contributed by atoms with Crippen LogP contribution in [0, 0.1) is 13.8 Å². The number of hydrogen-bond acceptors (Lipinski definition) is 2. The van der Waals surface area contributed by atoms with Crippen LogP contribution in [0.4, 0.5) is 17.1 Å².